The van der Waals surface area contributed by atoms with Gasteiger partial charge in [-0.05, 0) is 54.3 Å². The predicted octanol–water partition coefficient (Wildman–Crippen LogP) is 2.82. The maximum atomic E-state index is 13.6. The van der Waals surface area contributed by atoms with E-state index in [0.29, 0.717) is 5.56 Å². The molecule has 4 amide bonds. The van der Waals surface area contributed by atoms with E-state index < -0.39 is 76.1 Å². The average Bonchev–Trinajstić information content (AvgIpc) is 3.09. The van der Waals surface area contributed by atoms with E-state index in [-0.39, 0.29) is 23.7 Å². The second-order valence-corrected chi connectivity index (χ2v) is 13.8. The lowest BCUT2D eigenvalue weighted by Gasteiger charge is -2.27. The Kier molecular flexibility index (Phi) is 14.7. The molecule has 3 aromatic carbocycles. The standard InChI is InChI=1S/C36H42N4O10S/c1-23(2)32(35(46)37-24(3)33(44)38-27(21-31(42)43)18-19-51(48,49)29-12-8-5-9-13-29)40-34(45)30(20-25-14-16-28(41)17-15-25)39-36(47)50-22-26-10-6-4-7-11-26/h4-19,23-24,27,30,32,41H,20-22H2,1-3H3,(H,37,46)(H,38,44)(H,39,47)(H,40,45)(H,42,43)/b19-18+/t24-,27+,30-,32?/m0/s1. The number of nitrogens with one attached hydrogen (secondary N) is 4. The molecule has 0 aliphatic rings. The van der Waals surface area contributed by atoms with Crippen LogP contribution in [-0.2, 0) is 46.8 Å². The number of phenols is 1. The Morgan fingerprint density at radius 3 is 1.94 bits per heavy atom. The first kappa shape index (κ1) is 39.7. The number of alkyl carbamates (subject to hydrolysis) is 1. The summed E-state index contributed by atoms with van der Waals surface area (Å²) in [6, 6.07) is 17.5. The fourth-order valence-corrected chi connectivity index (χ4v) is 5.78. The van der Waals surface area contributed by atoms with Crippen molar-refractivity contribution in [1.82, 2.24) is 21.3 Å². The highest BCUT2D eigenvalue weighted by atomic mass is 32.2. The molecular formula is C36H42N4O10S. The minimum Gasteiger partial charge on any atom is -0.508 e. The van der Waals surface area contributed by atoms with Gasteiger partial charge in [0.2, 0.25) is 17.7 Å². The number of carboxylic acids is 1. The van der Waals surface area contributed by atoms with Gasteiger partial charge in [-0.25, -0.2) is 13.2 Å². The van der Waals surface area contributed by atoms with Gasteiger partial charge in [-0.15, -0.1) is 0 Å². The SMILES string of the molecule is CC(C)C(NC(=O)[C@H](Cc1ccc(O)cc1)NC(=O)OCc1ccccc1)C(=O)N[C@@H](C)C(=O)N[C@H](/C=C/S(=O)(=O)c1ccccc1)CC(=O)O. The smallest absolute Gasteiger partial charge is 0.408 e. The van der Waals surface area contributed by atoms with Gasteiger partial charge in [0.1, 0.15) is 30.5 Å². The van der Waals surface area contributed by atoms with Crippen LogP contribution in [0.25, 0.3) is 0 Å². The summed E-state index contributed by atoms with van der Waals surface area (Å²) in [6.07, 6.45) is -0.487. The third kappa shape index (κ3) is 13.3. The summed E-state index contributed by atoms with van der Waals surface area (Å²) in [6.45, 7) is 4.61. The molecule has 4 atom stereocenters. The van der Waals surface area contributed by atoms with E-state index in [1.54, 1.807) is 56.3 Å². The van der Waals surface area contributed by atoms with Crippen LogP contribution in [0.5, 0.6) is 5.75 Å². The zero-order valence-corrected chi connectivity index (χ0v) is 29.1. The molecule has 0 aromatic heterocycles. The van der Waals surface area contributed by atoms with E-state index in [1.165, 1.54) is 43.3 Å². The minimum atomic E-state index is -3.93. The monoisotopic (exact) mass is 722 g/mol. The molecule has 0 spiro atoms. The molecular weight excluding hydrogens is 680 g/mol. The van der Waals surface area contributed by atoms with Gasteiger partial charge < -0.3 is 36.2 Å². The third-order valence-corrected chi connectivity index (χ3v) is 8.93. The first-order valence-corrected chi connectivity index (χ1v) is 17.6. The maximum Gasteiger partial charge on any atom is 0.408 e. The van der Waals surface area contributed by atoms with E-state index >= 15 is 0 Å². The molecule has 3 rings (SSSR count). The summed E-state index contributed by atoms with van der Waals surface area (Å²) in [5.41, 5.74) is 1.32. The van der Waals surface area contributed by atoms with Crippen LogP contribution in [0.1, 0.15) is 38.3 Å². The fraction of sp³-hybridized carbons (Fsp3) is 0.306. The summed E-state index contributed by atoms with van der Waals surface area (Å²) >= 11 is 0. The van der Waals surface area contributed by atoms with Crippen molar-refractivity contribution < 1.29 is 47.3 Å². The van der Waals surface area contributed by atoms with Gasteiger partial charge in [-0.1, -0.05) is 74.5 Å². The zero-order chi connectivity index (χ0) is 37.6. The van der Waals surface area contributed by atoms with E-state index in [9.17, 15) is 42.6 Å². The van der Waals surface area contributed by atoms with E-state index in [1.807, 2.05) is 6.07 Å². The van der Waals surface area contributed by atoms with Crippen molar-refractivity contribution in [2.75, 3.05) is 0 Å². The molecule has 6 N–H and O–H groups in total. The largest absolute Gasteiger partial charge is 0.508 e. The van der Waals surface area contributed by atoms with Crippen LogP contribution >= 0.6 is 0 Å². The highest BCUT2D eigenvalue weighted by molar-refractivity contribution is 7.94. The lowest BCUT2D eigenvalue weighted by atomic mass is 10.0. The van der Waals surface area contributed by atoms with Gasteiger partial charge in [0.25, 0.3) is 0 Å². The zero-order valence-electron chi connectivity index (χ0n) is 28.3. The summed E-state index contributed by atoms with van der Waals surface area (Å²) in [5, 5.41) is 29.9. The Balaban J connectivity index is 1.69. The molecule has 3 aromatic rings. The Morgan fingerprint density at radius 2 is 1.35 bits per heavy atom. The quantitative estimate of drug-likeness (QED) is 0.120. The van der Waals surface area contributed by atoms with Crippen molar-refractivity contribution in [3.8, 4) is 5.75 Å². The number of benzene rings is 3. The Bertz CT molecular complexity index is 1780. The Hall–Kier alpha value is -5.70. The number of aromatic hydroxyl groups is 1. The number of hydrogen-bond acceptors (Lipinski definition) is 9. The highest BCUT2D eigenvalue weighted by Crippen LogP contribution is 2.14. The molecule has 51 heavy (non-hydrogen) atoms. The van der Waals surface area contributed by atoms with E-state index in [2.05, 4.69) is 21.3 Å². The molecule has 0 radical (unpaired) electrons. The highest BCUT2D eigenvalue weighted by Gasteiger charge is 2.31. The van der Waals surface area contributed by atoms with E-state index in [0.717, 1.165) is 17.0 Å². The number of ether oxygens (including phenoxy) is 1. The predicted molar refractivity (Wildman–Crippen MR) is 187 cm³/mol. The number of phenolic OH excluding ortho intramolecular Hbond substituents is 1. The molecule has 0 bridgehead atoms. The first-order chi connectivity index (χ1) is 24.1. The van der Waals surface area contributed by atoms with Gasteiger partial charge in [0.05, 0.1) is 17.4 Å². The minimum absolute atomic E-state index is 0.00667. The molecule has 272 valence electrons. The summed E-state index contributed by atoms with van der Waals surface area (Å²) in [5.74, 6) is -4.06. The lowest BCUT2D eigenvalue weighted by molar-refractivity contribution is -0.137. The van der Waals surface area contributed by atoms with Gasteiger partial charge in [-0.3, -0.25) is 19.2 Å². The van der Waals surface area contributed by atoms with Crippen LogP contribution < -0.4 is 21.3 Å². The van der Waals surface area contributed by atoms with Gasteiger partial charge in [0, 0.05) is 11.8 Å². The van der Waals surface area contributed by atoms with Gasteiger partial charge >= 0.3 is 12.1 Å². The maximum absolute atomic E-state index is 13.6. The van der Waals surface area contributed by atoms with Crippen LogP contribution in [0, 0.1) is 5.92 Å². The topological polar surface area (TPSA) is 217 Å². The van der Waals surface area contributed by atoms with Crippen LogP contribution in [0.4, 0.5) is 4.79 Å². The van der Waals surface area contributed by atoms with Crippen molar-refractivity contribution >= 4 is 39.6 Å². The molecule has 0 fully saturated rings. The molecule has 0 aliphatic carbocycles. The summed E-state index contributed by atoms with van der Waals surface area (Å²) < 4.78 is 30.6. The first-order valence-electron chi connectivity index (χ1n) is 16.0. The third-order valence-electron chi connectivity index (χ3n) is 7.48. The van der Waals surface area contributed by atoms with Gasteiger partial charge in [-0.2, -0.15) is 0 Å². The Labute approximate surface area is 296 Å². The molecule has 15 heteroatoms. The number of amides is 4. The number of aliphatic carboxylic acids is 1. The number of sulfone groups is 1. The second-order valence-electron chi connectivity index (χ2n) is 12.0. The van der Waals surface area contributed by atoms with Crippen molar-refractivity contribution in [3.05, 3.63) is 108 Å². The van der Waals surface area contributed by atoms with Crippen LogP contribution in [0.2, 0.25) is 0 Å². The fourth-order valence-electron chi connectivity index (χ4n) is 4.69. The second kappa shape index (κ2) is 18.9. The molecule has 0 heterocycles. The van der Waals surface area contributed by atoms with E-state index in [4.69, 9.17) is 4.74 Å². The van der Waals surface area contributed by atoms with Crippen LogP contribution in [0.3, 0.4) is 0 Å². The van der Waals surface area contributed by atoms with Crippen LogP contribution in [-0.4, -0.2) is 72.6 Å². The van der Waals surface area contributed by atoms with Crippen molar-refractivity contribution in [3.63, 3.8) is 0 Å². The lowest BCUT2D eigenvalue weighted by Crippen LogP contribution is -2.58. The molecule has 1 unspecified atom stereocenters. The van der Waals surface area contributed by atoms with Gasteiger partial charge in [0.15, 0.2) is 9.84 Å². The average molecular weight is 723 g/mol. The van der Waals surface area contributed by atoms with Crippen LogP contribution in [0.15, 0.2) is 101 Å². The summed E-state index contributed by atoms with van der Waals surface area (Å²) in [4.78, 5) is 64.1. The van der Waals surface area contributed by atoms with Crippen molar-refractivity contribution in [1.29, 1.82) is 0 Å². The number of carbonyl (C=O) groups excluding carboxylic acids is 4. The molecule has 0 aliphatic heterocycles. The summed E-state index contributed by atoms with van der Waals surface area (Å²) in [7, 11) is -3.93. The van der Waals surface area contributed by atoms with Crippen molar-refractivity contribution in [2.45, 2.75) is 69.3 Å². The number of hydrogen-bond donors (Lipinski definition) is 6. The van der Waals surface area contributed by atoms with Crippen molar-refractivity contribution in [2.24, 2.45) is 5.92 Å². The Morgan fingerprint density at radius 1 is 0.745 bits per heavy atom. The molecule has 0 saturated heterocycles. The number of rotatable bonds is 17. The molecule has 14 nitrogen and oxygen atoms in total. The molecule has 0 saturated carbocycles. The number of carbonyl (C=O) groups is 5. The normalized spacial score (nSPS) is 13.7. The number of carboxylic acid groups (broad SMARTS) is 1.